The first kappa shape index (κ1) is 19.4. The number of hydrogen-bond acceptors (Lipinski definition) is 4. The predicted molar refractivity (Wildman–Crippen MR) is 101 cm³/mol. The molecule has 0 radical (unpaired) electrons. The maximum atomic E-state index is 12.5. The number of carbonyl (C=O) groups excluding carboxylic acids is 3. The van der Waals surface area contributed by atoms with Gasteiger partial charge in [0.05, 0.1) is 12.5 Å². The zero-order valence-electron chi connectivity index (χ0n) is 15.8. The SMILES string of the molecule is COCCN1C[C@@H](C(=O)NCc2ccc(N3CCCC3=O)cc2)CCC1=O. The van der Waals surface area contributed by atoms with Gasteiger partial charge in [-0.25, -0.2) is 0 Å². The van der Waals surface area contributed by atoms with E-state index in [1.807, 2.05) is 24.3 Å². The highest BCUT2D eigenvalue weighted by Gasteiger charge is 2.29. The first-order valence-electron chi connectivity index (χ1n) is 9.52. The van der Waals surface area contributed by atoms with Gasteiger partial charge >= 0.3 is 0 Å². The van der Waals surface area contributed by atoms with E-state index in [0.29, 0.717) is 45.5 Å². The largest absolute Gasteiger partial charge is 0.383 e. The van der Waals surface area contributed by atoms with Crippen LogP contribution in [0, 0.1) is 5.92 Å². The zero-order valence-corrected chi connectivity index (χ0v) is 15.8. The average Bonchev–Trinajstić information content (AvgIpc) is 3.11. The molecule has 1 N–H and O–H groups in total. The number of methoxy groups -OCH3 is 1. The van der Waals surface area contributed by atoms with Crippen molar-refractivity contribution in [2.75, 3.05) is 38.3 Å². The lowest BCUT2D eigenvalue weighted by molar-refractivity contribution is -0.139. The van der Waals surface area contributed by atoms with E-state index in [4.69, 9.17) is 4.74 Å². The van der Waals surface area contributed by atoms with Crippen LogP contribution in [0.4, 0.5) is 5.69 Å². The highest BCUT2D eigenvalue weighted by Crippen LogP contribution is 2.22. The number of ether oxygens (including phenoxy) is 1. The molecule has 27 heavy (non-hydrogen) atoms. The van der Waals surface area contributed by atoms with Gasteiger partial charge in [0, 0.05) is 51.8 Å². The Morgan fingerprint density at radius 3 is 2.63 bits per heavy atom. The van der Waals surface area contributed by atoms with Crippen LogP contribution < -0.4 is 10.2 Å². The van der Waals surface area contributed by atoms with Gasteiger partial charge in [0.25, 0.3) is 0 Å². The van der Waals surface area contributed by atoms with Gasteiger partial charge in [-0.3, -0.25) is 14.4 Å². The Morgan fingerprint density at radius 1 is 1.19 bits per heavy atom. The third-order valence-electron chi connectivity index (χ3n) is 5.22. The second-order valence-electron chi connectivity index (χ2n) is 7.10. The average molecular weight is 373 g/mol. The molecule has 1 aromatic carbocycles. The summed E-state index contributed by atoms with van der Waals surface area (Å²) in [4.78, 5) is 39.7. The molecule has 2 aliphatic rings. The molecule has 7 heteroatoms. The minimum Gasteiger partial charge on any atom is -0.383 e. The zero-order chi connectivity index (χ0) is 19.2. The molecule has 7 nitrogen and oxygen atoms in total. The summed E-state index contributed by atoms with van der Waals surface area (Å²) in [5, 5.41) is 2.97. The van der Waals surface area contributed by atoms with Crippen molar-refractivity contribution in [1.82, 2.24) is 10.2 Å². The summed E-state index contributed by atoms with van der Waals surface area (Å²) in [7, 11) is 1.60. The number of anilines is 1. The maximum absolute atomic E-state index is 12.5. The lowest BCUT2D eigenvalue weighted by Crippen LogP contribution is -2.46. The Labute approximate surface area is 159 Å². The molecule has 2 aliphatic heterocycles. The number of benzene rings is 1. The molecule has 3 rings (SSSR count). The van der Waals surface area contributed by atoms with E-state index in [-0.39, 0.29) is 23.6 Å². The first-order valence-corrected chi connectivity index (χ1v) is 9.52. The van der Waals surface area contributed by atoms with Crippen LogP contribution in [0.1, 0.15) is 31.2 Å². The highest BCUT2D eigenvalue weighted by atomic mass is 16.5. The summed E-state index contributed by atoms with van der Waals surface area (Å²) < 4.78 is 5.03. The van der Waals surface area contributed by atoms with Crippen molar-refractivity contribution >= 4 is 23.4 Å². The van der Waals surface area contributed by atoms with Gasteiger partial charge in [-0.05, 0) is 30.5 Å². The van der Waals surface area contributed by atoms with Crippen molar-refractivity contribution in [3.63, 3.8) is 0 Å². The molecule has 2 saturated heterocycles. The predicted octanol–water partition coefficient (Wildman–Crippen LogP) is 1.31. The van der Waals surface area contributed by atoms with Crippen LogP contribution in [0.15, 0.2) is 24.3 Å². The topological polar surface area (TPSA) is 79.0 Å². The molecule has 2 heterocycles. The fourth-order valence-electron chi connectivity index (χ4n) is 3.59. The number of piperidine rings is 1. The van der Waals surface area contributed by atoms with Crippen molar-refractivity contribution < 1.29 is 19.1 Å². The third kappa shape index (κ3) is 4.86. The standard InChI is InChI=1S/C20H27N3O4/c1-27-12-11-22-14-16(6-9-18(22)24)20(26)21-13-15-4-7-17(8-5-15)23-10-2-3-19(23)25/h4-5,7-8,16H,2-3,6,9-14H2,1H3,(H,21,26)/t16-/m0/s1. The van der Waals surface area contributed by atoms with Crippen LogP contribution >= 0.6 is 0 Å². The van der Waals surface area contributed by atoms with Gasteiger partial charge in [-0.15, -0.1) is 0 Å². The molecule has 0 aliphatic carbocycles. The van der Waals surface area contributed by atoms with Crippen molar-refractivity contribution in [3.05, 3.63) is 29.8 Å². The third-order valence-corrected chi connectivity index (χ3v) is 5.22. The number of likely N-dealkylation sites (tertiary alicyclic amines) is 1. The van der Waals surface area contributed by atoms with E-state index in [1.165, 1.54) is 0 Å². The molecular formula is C20H27N3O4. The van der Waals surface area contributed by atoms with Crippen LogP contribution in [0.25, 0.3) is 0 Å². The van der Waals surface area contributed by atoms with E-state index in [2.05, 4.69) is 5.32 Å². The first-order chi connectivity index (χ1) is 13.1. The van der Waals surface area contributed by atoms with Crippen molar-refractivity contribution in [3.8, 4) is 0 Å². The van der Waals surface area contributed by atoms with Gasteiger partial charge < -0.3 is 19.9 Å². The minimum absolute atomic E-state index is 0.0243. The number of rotatable bonds is 7. The Hall–Kier alpha value is -2.41. The van der Waals surface area contributed by atoms with E-state index >= 15 is 0 Å². The Bertz CT molecular complexity index is 689. The Morgan fingerprint density at radius 2 is 1.96 bits per heavy atom. The van der Waals surface area contributed by atoms with E-state index < -0.39 is 0 Å². The van der Waals surface area contributed by atoms with E-state index in [0.717, 1.165) is 24.2 Å². The molecule has 2 fully saturated rings. The maximum Gasteiger partial charge on any atom is 0.227 e. The molecule has 146 valence electrons. The fourth-order valence-corrected chi connectivity index (χ4v) is 3.59. The van der Waals surface area contributed by atoms with Gasteiger partial charge in [0.1, 0.15) is 0 Å². The second-order valence-corrected chi connectivity index (χ2v) is 7.10. The Kier molecular flexibility index (Phi) is 6.45. The van der Waals surface area contributed by atoms with Crippen LogP contribution in [0.2, 0.25) is 0 Å². The molecule has 0 saturated carbocycles. The number of carbonyl (C=O) groups is 3. The summed E-state index contributed by atoms with van der Waals surface area (Å²) in [6, 6.07) is 7.74. The fraction of sp³-hybridized carbons (Fsp3) is 0.550. The van der Waals surface area contributed by atoms with E-state index in [9.17, 15) is 14.4 Å². The molecule has 3 amide bonds. The van der Waals surface area contributed by atoms with Crippen LogP contribution in [0.5, 0.6) is 0 Å². The molecule has 0 bridgehead atoms. The normalized spacial score (nSPS) is 20.3. The highest BCUT2D eigenvalue weighted by molar-refractivity contribution is 5.95. The lowest BCUT2D eigenvalue weighted by atomic mass is 9.96. The van der Waals surface area contributed by atoms with Gasteiger partial charge in [0.2, 0.25) is 17.7 Å². The number of nitrogens with zero attached hydrogens (tertiary/aromatic N) is 2. The van der Waals surface area contributed by atoms with Gasteiger partial charge in [-0.2, -0.15) is 0 Å². The molecular weight excluding hydrogens is 346 g/mol. The summed E-state index contributed by atoms with van der Waals surface area (Å²) in [6.07, 6.45) is 2.51. The van der Waals surface area contributed by atoms with Gasteiger partial charge in [-0.1, -0.05) is 12.1 Å². The summed E-state index contributed by atoms with van der Waals surface area (Å²) >= 11 is 0. The summed E-state index contributed by atoms with van der Waals surface area (Å²) in [5.41, 5.74) is 1.90. The lowest BCUT2D eigenvalue weighted by Gasteiger charge is -2.31. The van der Waals surface area contributed by atoms with Crippen LogP contribution in [0.3, 0.4) is 0 Å². The monoisotopic (exact) mass is 373 g/mol. The number of hydrogen-bond donors (Lipinski definition) is 1. The summed E-state index contributed by atoms with van der Waals surface area (Å²) in [5.74, 6) is 0.0499. The Balaban J connectivity index is 1.50. The number of amides is 3. The van der Waals surface area contributed by atoms with Crippen LogP contribution in [-0.4, -0.2) is 56.0 Å². The molecule has 0 unspecified atom stereocenters. The van der Waals surface area contributed by atoms with Crippen molar-refractivity contribution in [2.24, 2.45) is 5.92 Å². The molecule has 1 aromatic rings. The second kappa shape index (κ2) is 8.99. The van der Waals surface area contributed by atoms with Crippen LogP contribution in [-0.2, 0) is 25.7 Å². The van der Waals surface area contributed by atoms with Crippen molar-refractivity contribution in [2.45, 2.75) is 32.2 Å². The minimum atomic E-state index is -0.180. The summed E-state index contributed by atoms with van der Waals surface area (Å²) in [6.45, 7) is 2.66. The van der Waals surface area contributed by atoms with Crippen molar-refractivity contribution in [1.29, 1.82) is 0 Å². The van der Waals surface area contributed by atoms with E-state index in [1.54, 1.807) is 16.9 Å². The number of nitrogens with one attached hydrogen (secondary N) is 1. The quantitative estimate of drug-likeness (QED) is 0.782. The van der Waals surface area contributed by atoms with Gasteiger partial charge in [0.15, 0.2) is 0 Å². The molecule has 0 spiro atoms. The molecule has 0 aromatic heterocycles. The smallest absolute Gasteiger partial charge is 0.227 e. The molecule has 1 atom stereocenters.